The number of anilines is 4. The van der Waals surface area contributed by atoms with Crippen LogP contribution in [0.5, 0.6) is 11.5 Å². The van der Waals surface area contributed by atoms with E-state index in [0.717, 1.165) is 50.3 Å². The number of benzene rings is 9. The van der Waals surface area contributed by atoms with E-state index in [2.05, 4.69) is 203 Å². The van der Waals surface area contributed by atoms with Gasteiger partial charge in [-0.2, -0.15) is 0 Å². The number of aromatic nitrogens is 2. The van der Waals surface area contributed by atoms with Gasteiger partial charge in [-0.3, -0.25) is 4.57 Å². The smallest absolute Gasteiger partial charge is 0.146 e. The van der Waals surface area contributed by atoms with Crippen LogP contribution in [0.4, 0.5) is 22.7 Å². The van der Waals surface area contributed by atoms with E-state index < -0.39 is 0 Å². The van der Waals surface area contributed by atoms with Crippen molar-refractivity contribution in [3.8, 4) is 17.3 Å². The zero-order valence-corrected chi connectivity index (χ0v) is 31.8. The lowest BCUT2D eigenvalue weighted by Crippen LogP contribution is -2.23. The Kier molecular flexibility index (Phi) is 7.14. The first-order chi connectivity index (χ1) is 28.7. The van der Waals surface area contributed by atoms with Gasteiger partial charge in [-0.05, 0) is 95.2 Å². The highest BCUT2D eigenvalue weighted by Gasteiger charge is 2.28. The maximum atomic E-state index is 6.77. The third-order valence-electron chi connectivity index (χ3n) is 11.8. The van der Waals surface area contributed by atoms with Gasteiger partial charge >= 0.3 is 0 Å². The number of rotatable bonds is 5. The summed E-state index contributed by atoms with van der Waals surface area (Å²) in [5, 5.41) is 10.7. The number of hydrogen-bond donors (Lipinski definition) is 0. The Hall–Kier alpha value is -7.63. The normalized spacial score (nSPS) is 12.8. The van der Waals surface area contributed by atoms with Crippen molar-refractivity contribution < 1.29 is 4.74 Å². The molecule has 2 aromatic heterocycles. The van der Waals surface area contributed by atoms with Gasteiger partial charge in [0.1, 0.15) is 24.0 Å². The molecule has 0 unspecified atom stereocenters. The topological polar surface area (TPSA) is 33.5 Å². The van der Waals surface area contributed by atoms with Crippen LogP contribution in [0.25, 0.3) is 70.8 Å². The van der Waals surface area contributed by atoms with Crippen molar-refractivity contribution in [1.82, 2.24) is 9.55 Å². The molecule has 9 aromatic carbocycles. The minimum atomic E-state index is 0.705. The molecule has 3 heterocycles. The van der Waals surface area contributed by atoms with Crippen molar-refractivity contribution in [2.75, 3.05) is 16.5 Å². The summed E-state index contributed by atoms with van der Waals surface area (Å²) in [7, 11) is 0. The second-order valence-corrected chi connectivity index (χ2v) is 15.3. The lowest BCUT2D eigenvalue weighted by molar-refractivity contribution is 0.483. The molecule has 58 heavy (non-hydrogen) atoms. The molecule has 1 aliphatic heterocycles. The predicted molar refractivity (Wildman–Crippen MR) is 242 cm³/mol. The second-order valence-electron chi connectivity index (χ2n) is 15.3. The lowest BCUT2D eigenvalue weighted by atomic mass is 9.94. The molecule has 0 amide bonds. The fourth-order valence-electron chi connectivity index (χ4n) is 9.22. The Morgan fingerprint density at radius 1 is 0.448 bits per heavy atom. The van der Waals surface area contributed by atoms with Gasteiger partial charge in [0.05, 0.1) is 27.9 Å². The number of ether oxygens (including phenoxy) is 1. The summed E-state index contributed by atoms with van der Waals surface area (Å²) in [5.74, 6) is 2.44. The second kappa shape index (κ2) is 12.7. The molecule has 1 aliphatic rings. The molecule has 0 saturated carbocycles. The van der Waals surface area contributed by atoms with E-state index in [9.17, 15) is 0 Å². The first kappa shape index (κ1) is 32.6. The highest BCUT2D eigenvalue weighted by Crippen LogP contribution is 2.46. The molecule has 274 valence electrons. The number of pyridine rings is 1. The fraction of sp³-hybridized carbons (Fsp3) is 0.0377. The average Bonchev–Trinajstić information content (AvgIpc) is 3.82. The number of fused-ring (bicyclic) bond motifs is 11. The highest BCUT2D eigenvalue weighted by molar-refractivity contribution is 6.28. The van der Waals surface area contributed by atoms with E-state index >= 15 is 0 Å². The summed E-state index contributed by atoms with van der Waals surface area (Å²) in [6.45, 7) is 2.87. The Morgan fingerprint density at radius 2 is 1.10 bits per heavy atom. The SMILES string of the molecule is Cc1ccc2c(ccc3c(-n4c5ccccc5c5ccc(Oc6cccc(N7CN(c8ccccc8)c8ccccc87)c6)cc54)nc4ccc5ccccc5c4c32)c1. The third-order valence-corrected chi connectivity index (χ3v) is 11.8. The van der Waals surface area contributed by atoms with Gasteiger partial charge in [0.2, 0.25) is 0 Å². The average molecular weight is 745 g/mol. The molecule has 0 radical (unpaired) electrons. The van der Waals surface area contributed by atoms with Crippen LogP contribution in [-0.4, -0.2) is 16.2 Å². The van der Waals surface area contributed by atoms with E-state index in [1.807, 2.05) is 6.07 Å². The van der Waals surface area contributed by atoms with Gasteiger partial charge < -0.3 is 14.5 Å². The van der Waals surface area contributed by atoms with Crippen molar-refractivity contribution in [1.29, 1.82) is 0 Å². The molecule has 0 aliphatic carbocycles. The maximum Gasteiger partial charge on any atom is 0.146 e. The summed E-state index contributed by atoms with van der Waals surface area (Å²) in [6, 6.07) is 67.0. The number of hydrogen-bond acceptors (Lipinski definition) is 4. The van der Waals surface area contributed by atoms with Crippen LogP contribution in [-0.2, 0) is 0 Å². The number of aryl methyl sites for hydroxylation is 1. The van der Waals surface area contributed by atoms with Crippen LogP contribution in [0.15, 0.2) is 188 Å². The largest absolute Gasteiger partial charge is 0.457 e. The van der Waals surface area contributed by atoms with Gasteiger partial charge in [0.25, 0.3) is 0 Å². The third kappa shape index (κ3) is 5.00. The van der Waals surface area contributed by atoms with Crippen molar-refractivity contribution in [2.45, 2.75) is 6.92 Å². The van der Waals surface area contributed by atoms with Crippen molar-refractivity contribution in [2.24, 2.45) is 0 Å². The summed E-state index contributed by atoms with van der Waals surface area (Å²) >= 11 is 0. The first-order valence-corrected chi connectivity index (χ1v) is 19.8. The predicted octanol–water partition coefficient (Wildman–Crippen LogP) is 14.1. The van der Waals surface area contributed by atoms with Crippen molar-refractivity contribution >= 4 is 87.8 Å². The Bertz CT molecular complexity index is 3440. The van der Waals surface area contributed by atoms with Crippen LogP contribution < -0.4 is 14.5 Å². The molecular formula is C53H36N4O. The van der Waals surface area contributed by atoms with Crippen LogP contribution >= 0.6 is 0 Å². The molecule has 12 rings (SSSR count). The van der Waals surface area contributed by atoms with E-state index in [0.29, 0.717) is 6.67 Å². The molecule has 5 heteroatoms. The molecule has 0 N–H and O–H groups in total. The Labute approximate surface area is 335 Å². The quantitative estimate of drug-likeness (QED) is 0.164. The Balaban J connectivity index is 1.02. The number of para-hydroxylation sites is 4. The lowest BCUT2D eigenvalue weighted by Gasteiger charge is -2.22. The zero-order chi connectivity index (χ0) is 38.3. The standard InChI is InChI=1S/C53H36N4O/c1-34-22-26-42-36(30-34)23-27-45-51(42)52-41-17-6-5-12-35(41)24-29-46(52)54-53(45)57-47-19-8-7-18-43(47)44-28-25-40(32-50(44)57)58-39-16-11-15-38(31-39)56-33-55(37-13-3-2-4-14-37)48-20-9-10-21-49(48)56/h2-32H,33H2,1H3. The van der Waals surface area contributed by atoms with Gasteiger partial charge in [-0.25, -0.2) is 4.98 Å². The van der Waals surface area contributed by atoms with Gasteiger partial charge in [-0.1, -0.05) is 115 Å². The monoisotopic (exact) mass is 744 g/mol. The van der Waals surface area contributed by atoms with E-state index in [1.165, 1.54) is 60.3 Å². The summed E-state index contributed by atoms with van der Waals surface area (Å²) in [5.41, 5.74) is 8.95. The van der Waals surface area contributed by atoms with Crippen LogP contribution in [0.1, 0.15) is 5.56 Å². The minimum Gasteiger partial charge on any atom is -0.457 e. The maximum absolute atomic E-state index is 6.77. The molecule has 0 fully saturated rings. The molecular weight excluding hydrogens is 709 g/mol. The van der Waals surface area contributed by atoms with E-state index in [1.54, 1.807) is 0 Å². The number of nitrogens with zero attached hydrogens (tertiary/aromatic N) is 4. The molecule has 0 atom stereocenters. The zero-order valence-electron chi connectivity index (χ0n) is 31.8. The van der Waals surface area contributed by atoms with Crippen molar-refractivity contribution in [3.63, 3.8) is 0 Å². The molecule has 0 bridgehead atoms. The molecule has 5 nitrogen and oxygen atoms in total. The van der Waals surface area contributed by atoms with Crippen molar-refractivity contribution in [3.05, 3.63) is 194 Å². The summed E-state index contributed by atoms with van der Waals surface area (Å²) in [4.78, 5) is 10.3. The molecule has 0 spiro atoms. The van der Waals surface area contributed by atoms with Crippen LogP contribution in [0.3, 0.4) is 0 Å². The molecule has 0 saturated heterocycles. The highest BCUT2D eigenvalue weighted by atomic mass is 16.5. The van der Waals surface area contributed by atoms with Gasteiger partial charge in [-0.15, -0.1) is 0 Å². The first-order valence-electron chi connectivity index (χ1n) is 19.8. The Morgan fingerprint density at radius 3 is 1.98 bits per heavy atom. The van der Waals surface area contributed by atoms with E-state index in [-0.39, 0.29) is 0 Å². The summed E-state index contributed by atoms with van der Waals surface area (Å²) in [6.07, 6.45) is 0. The summed E-state index contributed by atoms with van der Waals surface area (Å²) < 4.78 is 9.11. The minimum absolute atomic E-state index is 0.705. The van der Waals surface area contributed by atoms with Crippen LogP contribution in [0.2, 0.25) is 0 Å². The van der Waals surface area contributed by atoms with Gasteiger partial charge in [0.15, 0.2) is 0 Å². The van der Waals surface area contributed by atoms with Gasteiger partial charge in [0, 0.05) is 50.4 Å². The molecule has 11 aromatic rings. The van der Waals surface area contributed by atoms with E-state index in [4.69, 9.17) is 9.72 Å². The van der Waals surface area contributed by atoms with Crippen LogP contribution in [0, 0.1) is 6.92 Å². The fourth-order valence-corrected chi connectivity index (χ4v) is 9.22.